The summed E-state index contributed by atoms with van der Waals surface area (Å²) < 4.78 is 0.452. The normalized spacial score (nSPS) is 18.9. The Kier molecular flexibility index (Phi) is 4.32. The van der Waals surface area contributed by atoms with Gasteiger partial charge in [0.2, 0.25) is 0 Å². The van der Waals surface area contributed by atoms with Crippen molar-refractivity contribution in [2.75, 3.05) is 18.1 Å². The molecule has 0 aliphatic heterocycles. The number of thioether (sulfide) groups is 1. The lowest BCUT2D eigenvalue weighted by atomic mass is 9.88. The lowest BCUT2D eigenvalue weighted by Crippen LogP contribution is -2.35. The van der Waals surface area contributed by atoms with Crippen LogP contribution in [0.5, 0.6) is 0 Å². The number of hydrogen-bond donors (Lipinski definition) is 1. The molecule has 2 nitrogen and oxygen atoms in total. The van der Waals surface area contributed by atoms with Gasteiger partial charge in [-0.25, -0.2) is 0 Å². The summed E-state index contributed by atoms with van der Waals surface area (Å²) >= 11 is 2.04. The molecule has 0 bridgehead atoms. The Morgan fingerprint density at radius 3 is 2.76 bits per heavy atom. The molecule has 1 N–H and O–H groups in total. The Balaban J connectivity index is 1.98. The van der Waals surface area contributed by atoms with E-state index in [2.05, 4.69) is 29.5 Å². The second kappa shape index (κ2) is 5.76. The standard InChI is InChI=1S/C14H22N2S/c1-12-10-15-9-6-13(12)16-11-14(17-2)7-4-3-5-8-14/h6,9-10H,3-5,7-8,11H2,1-2H3,(H,15,16). The minimum atomic E-state index is 0.452. The van der Waals surface area contributed by atoms with Crippen LogP contribution in [0.15, 0.2) is 18.5 Å². The van der Waals surface area contributed by atoms with E-state index < -0.39 is 0 Å². The first-order chi connectivity index (χ1) is 8.26. The van der Waals surface area contributed by atoms with Crippen LogP contribution in [0.4, 0.5) is 5.69 Å². The fraction of sp³-hybridized carbons (Fsp3) is 0.643. The Bertz CT molecular complexity index is 359. The largest absolute Gasteiger partial charge is 0.383 e. The van der Waals surface area contributed by atoms with Crippen LogP contribution in [0.25, 0.3) is 0 Å². The monoisotopic (exact) mass is 250 g/mol. The van der Waals surface area contributed by atoms with Gasteiger partial charge in [-0.3, -0.25) is 4.98 Å². The van der Waals surface area contributed by atoms with Crippen molar-refractivity contribution in [2.45, 2.75) is 43.8 Å². The molecule has 94 valence electrons. The SMILES string of the molecule is CSC1(CNc2ccncc2C)CCCCC1. The molecule has 0 aromatic carbocycles. The number of anilines is 1. The third kappa shape index (κ3) is 3.15. The van der Waals surface area contributed by atoms with Crippen LogP contribution >= 0.6 is 11.8 Å². The van der Waals surface area contributed by atoms with Gasteiger partial charge in [-0.2, -0.15) is 11.8 Å². The van der Waals surface area contributed by atoms with Crippen LogP contribution in [0.1, 0.15) is 37.7 Å². The summed E-state index contributed by atoms with van der Waals surface area (Å²) in [4.78, 5) is 4.13. The van der Waals surface area contributed by atoms with Gasteiger partial charge in [0.1, 0.15) is 0 Å². The highest BCUT2D eigenvalue weighted by molar-refractivity contribution is 8.00. The Morgan fingerprint density at radius 2 is 2.12 bits per heavy atom. The van der Waals surface area contributed by atoms with Crippen molar-refractivity contribution in [3.8, 4) is 0 Å². The molecule has 17 heavy (non-hydrogen) atoms. The van der Waals surface area contributed by atoms with Gasteiger partial charge in [0, 0.05) is 29.4 Å². The molecule has 2 rings (SSSR count). The molecule has 0 unspecified atom stereocenters. The van der Waals surface area contributed by atoms with E-state index in [9.17, 15) is 0 Å². The number of nitrogens with zero attached hydrogens (tertiary/aromatic N) is 1. The summed E-state index contributed by atoms with van der Waals surface area (Å²) in [6.45, 7) is 3.20. The number of rotatable bonds is 4. The Morgan fingerprint density at radius 1 is 1.35 bits per heavy atom. The first kappa shape index (κ1) is 12.7. The summed E-state index contributed by atoms with van der Waals surface area (Å²) in [5.74, 6) is 0. The molecule has 0 saturated heterocycles. The summed E-state index contributed by atoms with van der Waals surface area (Å²) in [5.41, 5.74) is 2.47. The maximum Gasteiger partial charge on any atom is 0.0401 e. The van der Waals surface area contributed by atoms with Gasteiger partial charge < -0.3 is 5.32 Å². The minimum absolute atomic E-state index is 0.452. The van der Waals surface area contributed by atoms with E-state index in [1.54, 1.807) is 0 Å². The number of aryl methyl sites for hydroxylation is 1. The van der Waals surface area contributed by atoms with Crippen LogP contribution in [-0.4, -0.2) is 22.5 Å². The van der Waals surface area contributed by atoms with Gasteiger partial charge >= 0.3 is 0 Å². The summed E-state index contributed by atoms with van der Waals surface area (Å²) in [6.07, 6.45) is 12.9. The molecule has 1 aromatic heterocycles. The zero-order valence-electron chi connectivity index (χ0n) is 10.8. The van der Waals surface area contributed by atoms with Crippen LogP contribution in [-0.2, 0) is 0 Å². The number of aromatic nitrogens is 1. The van der Waals surface area contributed by atoms with E-state index in [4.69, 9.17) is 0 Å². The lowest BCUT2D eigenvalue weighted by Gasteiger charge is -2.36. The number of hydrogen-bond acceptors (Lipinski definition) is 3. The topological polar surface area (TPSA) is 24.9 Å². The smallest absolute Gasteiger partial charge is 0.0401 e. The molecular weight excluding hydrogens is 228 g/mol. The van der Waals surface area contributed by atoms with Crippen molar-refractivity contribution >= 4 is 17.4 Å². The minimum Gasteiger partial charge on any atom is -0.383 e. The molecular formula is C14H22N2S. The second-order valence-electron chi connectivity index (χ2n) is 4.99. The van der Waals surface area contributed by atoms with E-state index in [0.717, 1.165) is 6.54 Å². The number of pyridine rings is 1. The fourth-order valence-corrected chi connectivity index (χ4v) is 3.49. The van der Waals surface area contributed by atoms with Gasteiger partial charge in [-0.1, -0.05) is 19.3 Å². The van der Waals surface area contributed by atoms with E-state index >= 15 is 0 Å². The van der Waals surface area contributed by atoms with Gasteiger partial charge in [0.05, 0.1) is 0 Å². The molecule has 1 heterocycles. The van der Waals surface area contributed by atoms with E-state index in [-0.39, 0.29) is 0 Å². The van der Waals surface area contributed by atoms with Gasteiger partial charge in [0.25, 0.3) is 0 Å². The highest BCUT2D eigenvalue weighted by Crippen LogP contribution is 2.38. The first-order valence-electron chi connectivity index (χ1n) is 6.45. The Hall–Kier alpha value is -0.700. The van der Waals surface area contributed by atoms with Crippen molar-refractivity contribution in [1.29, 1.82) is 0 Å². The molecule has 0 atom stereocenters. The molecule has 1 fully saturated rings. The van der Waals surface area contributed by atoms with Crippen LogP contribution < -0.4 is 5.32 Å². The summed E-state index contributed by atoms with van der Waals surface area (Å²) in [6, 6.07) is 2.08. The highest BCUT2D eigenvalue weighted by atomic mass is 32.2. The first-order valence-corrected chi connectivity index (χ1v) is 7.68. The van der Waals surface area contributed by atoms with Crippen molar-refractivity contribution in [1.82, 2.24) is 4.98 Å². The van der Waals surface area contributed by atoms with Crippen molar-refractivity contribution < 1.29 is 0 Å². The average Bonchev–Trinajstić information content (AvgIpc) is 2.39. The molecule has 0 spiro atoms. The third-order valence-corrected chi connectivity index (χ3v) is 5.24. The molecule has 3 heteroatoms. The quantitative estimate of drug-likeness (QED) is 0.878. The van der Waals surface area contributed by atoms with Crippen molar-refractivity contribution in [3.63, 3.8) is 0 Å². The molecule has 1 aliphatic rings. The molecule has 1 saturated carbocycles. The third-order valence-electron chi connectivity index (χ3n) is 3.82. The predicted molar refractivity (Wildman–Crippen MR) is 76.8 cm³/mol. The molecule has 1 aromatic rings. The van der Waals surface area contributed by atoms with Gasteiger partial charge in [-0.15, -0.1) is 0 Å². The van der Waals surface area contributed by atoms with Gasteiger partial charge in [-0.05, 0) is 37.7 Å². The maximum atomic E-state index is 4.13. The summed E-state index contributed by atoms with van der Waals surface area (Å²) in [7, 11) is 0. The van der Waals surface area contributed by atoms with Crippen molar-refractivity contribution in [3.05, 3.63) is 24.0 Å². The predicted octanol–water partition coefficient (Wildman–Crippen LogP) is 3.87. The maximum absolute atomic E-state index is 4.13. The van der Waals surface area contributed by atoms with E-state index in [1.807, 2.05) is 24.2 Å². The molecule has 1 aliphatic carbocycles. The zero-order chi connectivity index (χ0) is 12.1. The second-order valence-corrected chi connectivity index (χ2v) is 6.27. The molecule has 0 radical (unpaired) electrons. The average molecular weight is 250 g/mol. The fourth-order valence-electron chi connectivity index (χ4n) is 2.58. The van der Waals surface area contributed by atoms with Crippen LogP contribution in [0.2, 0.25) is 0 Å². The Labute approximate surface area is 109 Å². The molecule has 0 amide bonds. The summed E-state index contributed by atoms with van der Waals surface area (Å²) in [5, 5.41) is 3.61. The van der Waals surface area contributed by atoms with Crippen molar-refractivity contribution in [2.24, 2.45) is 0 Å². The zero-order valence-corrected chi connectivity index (χ0v) is 11.6. The van der Waals surface area contributed by atoms with Crippen LogP contribution in [0.3, 0.4) is 0 Å². The number of nitrogens with one attached hydrogen (secondary N) is 1. The van der Waals surface area contributed by atoms with Crippen LogP contribution in [0, 0.1) is 6.92 Å². The lowest BCUT2D eigenvalue weighted by molar-refractivity contribution is 0.411. The van der Waals surface area contributed by atoms with E-state index in [0.29, 0.717) is 4.75 Å². The highest BCUT2D eigenvalue weighted by Gasteiger charge is 2.30. The van der Waals surface area contributed by atoms with E-state index in [1.165, 1.54) is 43.4 Å². The van der Waals surface area contributed by atoms with Gasteiger partial charge in [0.15, 0.2) is 0 Å².